The van der Waals surface area contributed by atoms with Crippen molar-refractivity contribution in [3.63, 3.8) is 0 Å². The Hall–Kier alpha value is -1.58. The van der Waals surface area contributed by atoms with Gasteiger partial charge in [0.05, 0.1) is 18.8 Å². The Morgan fingerprint density at radius 1 is 1.62 bits per heavy atom. The topological polar surface area (TPSA) is 138 Å². The van der Waals surface area contributed by atoms with Gasteiger partial charge in [0.15, 0.2) is 0 Å². The van der Waals surface area contributed by atoms with Gasteiger partial charge in [0.1, 0.15) is 18.6 Å². The number of carbonyl (C=O) groups is 1. The van der Waals surface area contributed by atoms with Crippen molar-refractivity contribution < 1.29 is 23.7 Å². The summed E-state index contributed by atoms with van der Waals surface area (Å²) in [5.74, 6) is -0.249. The van der Waals surface area contributed by atoms with Crippen LogP contribution in [0.4, 0.5) is 5.82 Å². The number of hydrogen-bond donors (Lipinski definition) is 3. The molecule has 2 rings (SSSR count). The molecule has 1 saturated heterocycles. The lowest BCUT2D eigenvalue weighted by Crippen LogP contribution is -2.29. The second kappa shape index (κ2) is 9.38. The number of aromatic nitrogens is 2. The number of nitrogens with zero attached hydrogens (tertiary/aromatic N) is 2. The van der Waals surface area contributed by atoms with Crippen LogP contribution >= 0.6 is 8.53 Å². The highest BCUT2D eigenvalue weighted by molar-refractivity contribution is 7.43. The largest absolute Gasteiger partial charge is 0.462 e. The van der Waals surface area contributed by atoms with Gasteiger partial charge in [-0.2, -0.15) is 4.98 Å². The van der Waals surface area contributed by atoms with Crippen molar-refractivity contribution in [3.8, 4) is 0 Å². The molecule has 0 spiro atoms. The zero-order chi connectivity index (χ0) is 19.3. The molecule has 1 aromatic heterocycles. The van der Waals surface area contributed by atoms with Gasteiger partial charge in [-0.25, -0.2) is 9.88 Å². The smallest absolute Gasteiger partial charge is 0.351 e. The Kier molecular flexibility index (Phi) is 7.48. The van der Waals surface area contributed by atoms with E-state index in [2.05, 4.69) is 10.1 Å². The minimum absolute atomic E-state index is 0.0608. The average Bonchev–Trinajstić information content (AvgIpc) is 2.91. The Bertz CT molecular complexity index is 670. The first kappa shape index (κ1) is 20.7. The molecule has 0 amide bonds. The van der Waals surface area contributed by atoms with Crippen molar-refractivity contribution in [1.82, 2.24) is 14.6 Å². The number of nitrogens with two attached hydrogens (primary N) is 1. The quantitative estimate of drug-likeness (QED) is 0.430. The first-order valence-electron chi connectivity index (χ1n) is 8.31. The van der Waals surface area contributed by atoms with Crippen molar-refractivity contribution in [1.29, 1.82) is 0 Å². The van der Waals surface area contributed by atoms with E-state index in [-0.39, 0.29) is 37.1 Å². The van der Waals surface area contributed by atoms with Gasteiger partial charge in [0.25, 0.3) is 8.53 Å². The highest BCUT2D eigenvalue weighted by atomic mass is 31.2. The van der Waals surface area contributed by atoms with Crippen LogP contribution in [0.3, 0.4) is 0 Å². The number of nitrogen functional groups attached to an aromatic ring is 1. The van der Waals surface area contributed by atoms with E-state index in [1.807, 2.05) is 6.92 Å². The summed E-state index contributed by atoms with van der Waals surface area (Å²) in [5.41, 5.74) is 5.02. The van der Waals surface area contributed by atoms with Gasteiger partial charge in [-0.15, -0.1) is 0 Å². The van der Waals surface area contributed by atoms with E-state index in [1.54, 1.807) is 20.0 Å². The molecule has 0 saturated carbocycles. The summed E-state index contributed by atoms with van der Waals surface area (Å²) in [6, 6.07) is 1.54. The van der Waals surface area contributed by atoms with Crippen LogP contribution in [0.15, 0.2) is 17.1 Å². The number of hydrogen-bond acceptors (Lipinski definition) is 9. The van der Waals surface area contributed by atoms with E-state index in [4.69, 9.17) is 19.7 Å². The first-order chi connectivity index (χ1) is 12.3. The van der Waals surface area contributed by atoms with Crippen molar-refractivity contribution in [2.75, 3.05) is 18.9 Å². The summed E-state index contributed by atoms with van der Waals surface area (Å²) < 4.78 is 17.5. The van der Waals surface area contributed by atoms with Gasteiger partial charge >= 0.3 is 11.7 Å². The van der Waals surface area contributed by atoms with Crippen LogP contribution in [0, 0.1) is 5.92 Å². The number of ether oxygens (including phenoxy) is 2. The summed E-state index contributed by atoms with van der Waals surface area (Å²) in [5, 5.41) is 2.57. The second-order valence-corrected chi connectivity index (χ2v) is 7.47. The zero-order valence-corrected chi connectivity index (χ0v) is 15.9. The highest BCUT2D eigenvalue weighted by Gasteiger charge is 2.34. The van der Waals surface area contributed by atoms with E-state index in [0.29, 0.717) is 6.42 Å². The van der Waals surface area contributed by atoms with Crippen LogP contribution < -0.4 is 16.5 Å². The molecule has 1 aliphatic rings. The predicted molar refractivity (Wildman–Crippen MR) is 94.9 cm³/mol. The van der Waals surface area contributed by atoms with Crippen LogP contribution in [-0.4, -0.2) is 45.8 Å². The molecule has 0 radical (unpaired) electrons. The van der Waals surface area contributed by atoms with E-state index in [1.165, 1.54) is 10.6 Å². The molecule has 4 unspecified atom stereocenters. The summed E-state index contributed by atoms with van der Waals surface area (Å²) in [6.45, 7) is 5.43. The molecule has 11 heteroatoms. The maximum absolute atomic E-state index is 11.9. The molecule has 146 valence electrons. The number of anilines is 1. The SMILES string of the molecule is CC(C)OC(=O)CNP(O)OCC1CC(C)C(n2ccc(N)nc2=O)O1. The Balaban J connectivity index is 1.79. The van der Waals surface area contributed by atoms with Gasteiger partial charge in [-0.05, 0) is 26.3 Å². The van der Waals surface area contributed by atoms with Gasteiger partial charge in [-0.1, -0.05) is 6.92 Å². The number of esters is 1. The highest BCUT2D eigenvalue weighted by Crippen LogP contribution is 2.35. The molecular formula is C15H25N4O6P. The van der Waals surface area contributed by atoms with Crippen molar-refractivity contribution in [2.45, 2.75) is 45.6 Å². The summed E-state index contributed by atoms with van der Waals surface area (Å²) in [4.78, 5) is 36.8. The molecule has 4 N–H and O–H groups in total. The minimum Gasteiger partial charge on any atom is -0.462 e. The summed E-state index contributed by atoms with van der Waals surface area (Å²) in [7, 11) is -1.98. The van der Waals surface area contributed by atoms with Gasteiger partial charge in [-0.3, -0.25) is 9.36 Å². The lowest BCUT2D eigenvalue weighted by Gasteiger charge is -2.18. The van der Waals surface area contributed by atoms with Crippen LogP contribution in [0.2, 0.25) is 0 Å². The average molecular weight is 388 g/mol. The third-order valence-electron chi connectivity index (χ3n) is 3.69. The van der Waals surface area contributed by atoms with Crippen molar-refractivity contribution in [3.05, 3.63) is 22.7 Å². The maximum atomic E-state index is 11.9. The first-order valence-corrected chi connectivity index (χ1v) is 9.52. The predicted octanol–water partition coefficient (Wildman–Crippen LogP) is 0.526. The molecular weight excluding hydrogens is 363 g/mol. The number of rotatable bonds is 8. The molecule has 0 bridgehead atoms. The molecule has 0 aromatic carbocycles. The zero-order valence-electron chi connectivity index (χ0n) is 15.0. The molecule has 2 heterocycles. The van der Waals surface area contributed by atoms with E-state index >= 15 is 0 Å². The Morgan fingerprint density at radius 3 is 3.00 bits per heavy atom. The second-order valence-electron chi connectivity index (χ2n) is 6.35. The fraction of sp³-hybridized carbons (Fsp3) is 0.667. The van der Waals surface area contributed by atoms with Crippen LogP contribution in [-0.2, 0) is 18.8 Å². The van der Waals surface area contributed by atoms with E-state index in [0.717, 1.165) is 0 Å². The van der Waals surface area contributed by atoms with Gasteiger partial charge in [0.2, 0.25) is 0 Å². The normalized spacial score (nSPS) is 24.0. The van der Waals surface area contributed by atoms with Crippen LogP contribution in [0.25, 0.3) is 0 Å². The lowest BCUT2D eigenvalue weighted by atomic mass is 10.1. The standard InChI is InChI=1S/C15H25N4O6P/c1-9(2)24-13(20)7-17-26(22)23-8-11-6-10(3)14(25-11)19-5-4-12(16)18-15(19)21/h4-5,9-11,14,17,22H,6-8H2,1-3H3,(H2,16,18,21). The van der Waals surface area contributed by atoms with E-state index < -0.39 is 26.4 Å². The van der Waals surface area contributed by atoms with E-state index in [9.17, 15) is 14.5 Å². The van der Waals surface area contributed by atoms with Gasteiger partial charge < -0.3 is 24.6 Å². The molecule has 26 heavy (non-hydrogen) atoms. The molecule has 1 aromatic rings. The Labute approximate surface area is 152 Å². The van der Waals surface area contributed by atoms with Crippen molar-refractivity contribution in [2.24, 2.45) is 5.92 Å². The molecule has 1 fully saturated rings. The third kappa shape index (κ3) is 6.00. The number of carbonyl (C=O) groups excluding carboxylic acids is 1. The summed E-state index contributed by atoms with van der Waals surface area (Å²) >= 11 is 0. The fourth-order valence-corrected chi connectivity index (χ4v) is 3.28. The number of nitrogens with one attached hydrogen (secondary N) is 1. The molecule has 0 aliphatic carbocycles. The molecule has 1 aliphatic heterocycles. The third-order valence-corrected chi connectivity index (χ3v) is 4.51. The maximum Gasteiger partial charge on any atom is 0.351 e. The minimum atomic E-state index is -1.98. The van der Waals surface area contributed by atoms with Crippen LogP contribution in [0.5, 0.6) is 0 Å². The molecule has 10 nitrogen and oxygen atoms in total. The lowest BCUT2D eigenvalue weighted by molar-refractivity contribution is -0.145. The molecule has 4 atom stereocenters. The van der Waals surface area contributed by atoms with Gasteiger partial charge in [0, 0.05) is 12.1 Å². The van der Waals surface area contributed by atoms with Crippen LogP contribution in [0.1, 0.15) is 33.4 Å². The van der Waals surface area contributed by atoms with Crippen molar-refractivity contribution >= 4 is 20.3 Å². The Morgan fingerprint density at radius 2 is 2.35 bits per heavy atom. The summed E-state index contributed by atoms with van der Waals surface area (Å²) in [6.07, 6.45) is 1.23. The monoisotopic (exact) mass is 388 g/mol. The fourth-order valence-electron chi connectivity index (χ4n) is 2.62.